The van der Waals surface area contributed by atoms with Crippen LogP contribution in [0.4, 0.5) is 13.2 Å². The number of alkyl halides is 3. The van der Waals surface area contributed by atoms with Gasteiger partial charge in [-0.1, -0.05) is 46.3 Å². The van der Waals surface area contributed by atoms with Crippen molar-refractivity contribution in [3.63, 3.8) is 0 Å². The second kappa shape index (κ2) is 12.0. The SMILES string of the molecule is C=C(C)C(=O)OCC(C)(C)COc1ccc2cc(-c3ccc(CCCCC)cc3OC(F)(F)F)sc2c1. The summed E-state index contributed by atoms with van der Waals surface area (Å²) in [6, 6.07) is 12.5. The number of fused-ring (bicyclic) bond motifs is 1. The summed E-state index contributed by atoms with van der Waals surface area (Å²) >= 11 is 1.38. The number of hydrogen-bond acceptors (Lipinski definition) is 5. The van der Waals surface area contributed by atoms with Crippen molar-refractivity contribution in [3.05, 3.63) is 60.2 Å². The zero-order valence-corrected chi connectivity index (χ0v) is 22.5. The van der Waals surface area contributed by atoms with Crippen LogP contribution < -0.4 is 9.47 Å². The van der Waals surface area contributed by atoms with Crippen LogP contribution in [-0.2, 0) is 16.0 Å². The molecule has 0 bridgehead atoms. The normalized spacial score (nSPS) is 12.0. The highest BCUT2D eigenvalue weighted by molar-refractivity contribution is 7.22. The van der Waals surface area contributed by atoms with Gasteiger partial charge in [0, 0.05) is 26.1 Å². The van der Waals surface area contributed by atoms with Crippen LogP contribution in [0.25, 0.3) is 20.5 Å². The molecule has 0 radical (unpaired) electrons. The van der Waals surface area contributed by atoms with Crippen molar-refractivity contribution in [2.75, 3.05) is 13.2 Å². The Balaban J connectivity index is 1.79. The van der Waals surface area contributed by atoms with E-state index in [-0.39, 0.29) is 12.4 Å². The minimum Gasteiger partial charge on any atom is -0.493 e. The molecule has 37 heavy (non-hydrogen) atoms. The first kappa shape index (κ1) is 28.6. The molecule has 0 unspecified atom stereocenters. The minimum atomic E-state index is -4.78. The molecule has 0 aliphatic rings. The highest BCUT2D eigenvalue weighted by atomic mass is 32.1. The number of benzene rings is 2. The molecule has 3 rings (SSSR count). The lowest BCUT2D eigenvalue weighted by molar-refractivity contribution is -0.274. The number of hydrogen-bond donors (Lipinski definition) is 0. The van der Waals surface area contributed by atoms with E-state index in [1.54, 1.807) is 13.0 Å². The molecule has 0 spiro atoms. The van der Waals surface area contributed by atoms with Crippen molar-refractivity contribution in [2.45, 2.75) is 59.7 Å². The van der Waals surface area contributed by atoms with Crippen LogP contribution in [0.15, 0.2) is 54.6 Å². The number of aryl methyl sites for hydroxylation is 1. The largest absolute Gasteiger partial charge is 0.573 e. The third kappa shape index (κ3) is 8.52. The van der Waals surface area contributed by atoms with E-state index in [0.717, 1.165) is 34.9 Å². The highest BCUT2D eigenvalue weighted by Crippen LogP contribution is 2.41. The molecule has 4 nitrogen and oxygen atoms in total. The third-order valence-electron chi connectivity index (χ3n) is 5.67. The number of ether oxygens (including phenoxy) is 3. The molecule has 0 saturated heterocycles. The summed E-state index contributed by atoms with van der Waals surface area (Å²) in [6.07, 6.45) is -1.09. The van der Waals surface area contributed by atoms with E-state index in [1.165, 1.54) is 17.4 Å². The fourth-order valence-electron chi connectivity index (χ4n) is 3.65. The summed E-state index contributed by atoms with van der Waals surface area (Å²) in [5, 5.41) is 0.895. The van der Waals surface area contributed by atoms with Crippen LogP contribution >= 0.6 is 11.3 Å². The third-order valence-corrected chi connectivity index (χ3v) is 6.80. The fourth-order valence-corrected chi connectivity index (χ4v) is 4.77. The van der Waals surface area contributed by atoms with Crippen LogP contribution in [0.5, 0.6) is 11.5 Å². The number of carbonyl (C=O) groups excluding carboxylic acids is 1. The van der Waals surface area contributed by atoms with Gasteiger partial charge in [-0.05, 0) is 67.1 Å². The lowest BCUT2D eigenvalue weighted by Crippen LogP contribution is -2.28. The number of esters is 1. The van der Waals surface area contributed by atoms with Gasteiger partial charge in [0.15, 0.2) is 0 Å². The summed E-state index contributed by atoms with van der Waals surface area (Å²) in [4.78, 5) is 12.4. The second-order valence-electron chi connectivity index (χ2n) is 9.96. The number of carbonyl (C=O) groups is 1. The van der Waals surface area contributed by atoms with E-state index in [9.17, 15) is 18.0 Å². The molecule has 1 aromatic heterocycles. The maximum atomic E-state index is 13.2. The number of thiophene rings is 1. The van der Waals surface area contributed by atoms with Crippen LogP contribution in [-0.4, -0.2) is 25.5 Å². The zero-order valence-electron chi connectivity index (χ0n) is 21.7. The fraction of sp³-hybridized carbons (Fsp3) is 0.414. The molecule has 8 heteroatoms. The lowest BCUT2D eigenvalue weighted by atomic mass is 9.96. The highest BCUT2D eigenvalue weighted by Gasteiger charge is 2.32. The molecule has 0 fully saturated rings. The average Bonchev–Trinajstić information content (AvgIpc) is 3.23. The van der Waals surface area contributed by atoms with E-state index in [4.69, 9.17) is 9.47 Å². The maximum absolute atomic E-state index is 13.2. The van der Waals surface area contributed by atoms with E-state index in [0.29, 0.717) is 34.8 Å². The Kier molecular flexibility index (Phi) is 9.29. The van der Waals surface area contributed by atoms with Gasteiger partial charge in [0.1, 0.15) is 11.5 Å². The van der Waals surface area contributed by atoms with Crippen LogP contribution in [0, 0.1) is 5.41 Å². The molecule has 0 N–H and O–H groups in total. The van der Waals surface area contributed by atoms with E-state index < -0.39 is 17.7 Å². The Labute approximate surface area is 220 Å². The average molecular weight is 535 g/mol. The number of unbranched alkanes of at least 4 members (excludes halogenated alkanes) is 2. The molecule has 0 amide bonds. The zero-order chi connectivity index (χ0) is 27.2. The van der Waals surface area contributed by atoms with Gasteiger partial charge in [0.25, 0.3) is 0 Å². The molecule has 0 aliphatic carbocycles. The molecule has 0 atom stereocenters. The monoisotopic (exact) mass is 534 g/mol. The van der Waals surface area contributed by atoms with Crippen LogP contribution in [0.1, 0.15) is 52.5 Å². The van der Waals surface area contributed by atoms with Crippen molar-refractivity contribution in [3.8, 4) is 21.9 Å². The van der Waals surface area contributed by atoms with Gasteiger partial charge in [-0.3, -0.25) is 0 Å². The second-order valence-corrected chi connectivity index (χ2v) is 11.0. The van der Waals surface area contributed by atoms with Gasteiger partial charge in [-0.25, -0.2) is 4.79 Å². The van der Waals surface area contributed by atoms with Crippen molar-refractivity contribution >= 4 is 27.4 Å². The molecular formula is C29H33F3O4S. The standard InChI is InChI=1S/C29H33F3O4S/c1-6-7-8-9-20-10-13-23(24(14-20)36-29(30,31)32)26-15-21-11-12-22(16-25(21)37-26)34-17-28(4,5)18-35-27(33)19(2)3/h10-16H,2,6-9,17-18H2,1,3-5H3. The summed E-state index contributed by atoms with van der Waals surface area (Å²) in [6.45, 7) is 11.6. The first-order valence-corrected chi connectivity index (χ1v) is 13.1. The van der Waals surface area contributed by atoms with E-state index >= 15 is 0 Å². The Hall–Kier alpha value is -3.00. The first-order valence-electron chi connectivity index (χ1n) is 12.2. The minimum absolute atomic E-state index is 0.181. The van der Waals surface area contributed by atoms with Crippen molar-refractivity contribution in [2.24, 2.45) is 5.41 Å². The topological polar surface area (TPSA) is 44.8 Å². The number of halogens is 3. The Morgan fingerprint density at radius 2 is 1.78 bits per heavy atom. The van der Waals surface area contributed by atoms with Crippen molar-refractivity contribution in [1.29, 1.82) is 0 Å². The Morgan fingerprint density at radius 1 is 1.03 bits per heavy atom. The number of rotatable bonds is 12. The summed E-state index contributed by atoms with van der Waals surface area (Å²) in [7, 11) is 0. The molecule has 0 aliphatic heterocycles. The molecular weight excluding hydrogens is 501 g/mol. The summed E-state index contributed by atoms with van der Waals surface area (Å²) < 4.78 is 56.1. The van der Waals surface area contributed by atoms with Crippen LogP contribution in [0.3, 0.4) is 0 Å². The Morgan fingerprint density at radius 3 is 2.46 bits per heavy atom. The van der Waals surface area contributed by atoms with Gasteiger partial charge in [-0.15, -0.1) is 24.5 Å². The molecule has 0 saturated carbocycles. The summed E-state index contributed by atoms with van der Waals surface area (Å²) in [5.41, 5.74) is 1.14. The molecule has 3 aromatic rings. The van der Waals surface area contributed by atoms with Gasteiger partial charge in [0.2, 0.25) is 0 Å². The smallest absolute Gasteiger partial charge is 0.493 e. The van der Waals surface area contributed by atoms with Gasteiger partial charge >= 0.3 is 12.3 Å². The summed E-state index contributed by atoms with van der Waals surface area (Å²) in [5.74, 6) is -0.00250. The van der Waals surface area contributed by atoms with Crippen molar-refractivity contribution in [1.82, 2.24) is 0 Å². The van der Waals surface area contributed by atoms with E-state index in [2.05, 4.69) is 18.2 Å². The van der Waals surface area contributed by atoms with Gasteiger partial charge < -0.3 is 14.2 Å². The molecule has 2 aromatic carbocycles. The quantitative estimate of drug-likeness (QED) is 0.132. The van der Waals surface area contributed by atoms with Crippen LogP contribution in [0.2, 0.25) is 0 Å². The maximum Gasteiger partial charge on any atom is 0.573 e. The predicted molar refractivity (Wildman–Crippen MR) is 142 cm³/mol. The molecule has 1 heterocycles. The molecule has 200 valence electrons. The van der Waals surface area contributed by atoms with E-state index in [1.807, 2.05) is 44.2 Å². The predicted octanol–water partition coefficient (Wildman–Crippen LogP) is 8.72. The Bertz CT molecular complexity index is 1240. The van der Waals surface area contributed by atoms with Gasteiger partial charge in [0.05, 0.1) is 13.2 Å². The van der Waals surface area contributed by atoms with Crippen molar-refractivity contribution < 1.29 is 32.2 Å². The van der Waals surface area contributed by atoms with Gasteiger partial charge in [-0.2, -0.15) is 0 Å². The first-order chi connectivity index (χ1) is 17.4. The lowest BCUT2D eigenvalue weighted by Gasteiger charge is -2.24.